The van der Waals surface area contributed by atoms with Crippen LogP contribution >= 0.6 is 0 Å². The number of anilines is 1. The van der Waals surface area contributed by atoms with Crippen molar-refractivity contribution >= 4 is 5.69 Å². The van der Waals surface area contributed by atoms with E-state index in [9.17, 15) is 0 Å². The number of aryl methyl sites for hydroxylation is 1. The van der Waals surface area contributed by atoms with Gasteiger partial charge in [0.15, 0.2) is 0 Å². The molecule has 2 aromatic rings. The van der Waals surface area contributed by atoms with Crippen molar-refractivity contribution in [1.82, 2.24) is 10.3 Å². The summed E-state index contributed by atoms with van der Waals surface area (Å²) in [6, 6.07) is 11.1. The van der Waals surface area contributed by atoms with E-state index < -0.39 is 0 Å². The van der Waals surface area contributed by atoms with Gasteiger partial charge in [-0.15, -0.1) is 0 Å². The van der Waals surface area contributed by atoms with Crippen molar-refractivity contribution in [3.05, 3.63) is 59.4 Å². The van der Waals surface area contributed by atoms with Crippen LogP contribution in [0.1, 0.15) is 30.5 Å². The minimum absolute atomic E-state index is 0.472. The first-order chi connectivity index (χ1) is 10.1. The van der Waals surface area contributed by atoms with Crippen LogP contribution in [0.4, 0.5) is 5.69 Å². The van der Waals surface area contributed by atoms with Gasteiger partial charge in [0.25, 0.3) is 0 Å². The van der Waals surface area contributed by atoms with E-state index in [1.54, 1.807) is 0 Å². The van der Waals surface area contributed by atoms with Gasteiger partial charge in [-0.25, -0.2) is 0 Å². The third-order valence-corrected chi connectivity index (χ3v) is 3.66. The summed E-state index contributed by atoms with van der Waals surface area (Å²) in [4.78, 5) is 6.56. The van der Waals surface area contributed by atoms with Crippen molar-refractivity contribution in [2.45, 2.75) is 39.9 Å². The number of benzene rings is 1. The van der Waals surface area contributed by atoms with E-state index in [-0.39, 0.29) is 0 Å². The highest BCUT2D eigenvalue weighted by molar-refractivity contribution is 5.52. The average molecular weight is 283 g/mol. The maximum Gasteiger partial charge on any atom is 0.0443 e. The average Bonchev–Trinajstić information content (AvgIpc) is 2.47. The van der Waals surface area contributed by atoms with E-state index in [1.807, 2.05) is 12.4 Å². The molecule has 3 nitrogen and oxygen atoms in total. The molecule has 3 heteroatoms. The zero-order chi connectivity index (χ0) is 15.2. The molecule has 0 amide bonds. The van der Waals surface area contributed by atoms with E-state index in [4.69, 9.17) is 0 Å². The lowest BCUT2D eigenvalue weighted by molar-refractivity contribution is 0.587. The van der Waals surface area contributed by atoms with Crippen LogP contribution in [-0.2, 0) is 13.1 Å². The van der Waals surface area contributed by atoms with Crippen LogP contribution in [-0.4, -0.2) is 18.1 Å². The minimum Gasteiger partial charge on any atom is -0.370 e. The molecule has 0 spiro atoms. The summed E-state index contributed by atoms with van der Waals surface area (Å²) in [5.74, 6) is 0. The molecule has 1 aromatic carbocycles. The summed E-state index contributed by atoms with van der Waals surface area (Å²) in [5, 5.41) is 3.47. The Morgan fingerprint density at radius 2 is 1.90 bits per heavy atom. The Labute approximate surface area is 128 Å². The molecule has 0 unspecified atom stereocenters. The van der Waals surface area contributed by atoms with Crippen LogP contribution in [0.25, 0.3) is 0 Å². The molecular weight excluding hydrogens is 258 g/mol. The summed E-state index contributed by atoms with van der Waals surface area (Å²) in [5.41, 5.74) is 5.17. The molecule has 1 N–H and O–H groups in total. The van der Waals surface area contributed by atoms with Crippen molar-refractivity contribution in [2.24, 2.45) is 0 Å². The molecule has 1 heterocycles. The van der Waals surface area contributed by atoms with E-state index in [2.05, 4.69) is 73.4 Å². The van der Waals surface area contributed by atoms with Gasteiger partial charge < -0.3 is 10.2 Å². The predicted octanol–water partition coefficient (Wildman–Crippen LogP) is 3.52. The maximum atomic E-state index is 4.26. The zero-order valence-electron chi connectivity index (χ0n) is 13.4. The molecule has 1 aromatic heterocycles. The van der Waals surface area contributed by atoms with Gasteiger partial charge in [-0.05, 0) is 24.1 Å². The third kappa shape index (κ3) is 4.30. The van der Waals surface area contributed by atoms with Crippen LogP contribution in [0.5, 0.6) is 0 Å². The van der Waals surface area contributed by atoms with Gasteiger partial charge in [0.1, 0.15) is 0 Å². The van der Waals surface area contributed by atoms with Crippen LogP contribution in [0.15, 0.2) is 42.7 Å². The Bertz CT molecular complexity index is 578. The first-order valence-corrected chi connectivity index (χ1v) is 7.50. The van der Waals surface area contributed by atoms with Crippen molar-refractivity contribution in [3.8, 4) is 0 Å². The highest BCUT2D eigenvalue weighted by Crippen LogP contribution is 2.21. The summed E-state index contributed by atoms with van der Waals surface area (Å²) < 4.78 is 0. The summed E-state index contributed by atoms with van der Waals surface area (Å²) in [6.45, 7) is 8.24. The highest BCUT2D eigenvalue weighted by atomic mass is 15.1. The molecule has 0 saturated carbocycles. The lowest BCUT2D eigenvalue weighted by Crippen LogP contribution is -2.25. The quantitative estimate of drug-likeness (QED) is 0.879. The summed E-state index contributed by atoms with van der Waals surface area (Å²) in [6.07, 6.45) is 3.82. The predicted molar refractivity (Wildman–Crippen MR) is 89.5 cm³/mol. The molecule has 0 saturated heterocycles. The Morgan fingerprint density at radius 3 is 2.62 bits per heavy atom. The Hall–Kier alpha value is -1.87. The van der Waals surface area contributed by atoms with Crippen molar-refractivity contribution in [1.29, 1.82) is 0 Å². The second kappa shape index (κ2) is 7.23. The molecule has 0 bridgehead atoms. The molecule has 0 atom stereocenters. The van der Waals surface area contributed by atoms with Crippen molar-refractivity contribution in [2.75, 3.05) is 11.9 Å². The number of rotatable bonds is 6. The molecular formula is C18H25N3. The van der Waals surface area contributed by atoms with Gasteiger partial charge in [0.05, 0.1) is 0 Å². The van der Waals surface area contributed by atoms with Gasteiger partial charge in [0, 0.05) is 49.8 Å². The van der Waals surface area contributed by atoms with Gasteiger partial charge in [0.2, 0.25) is 0 Å². The molecule has 0 fully saturated rings. The highest BCUT2D eigenvalue weighted by Gasteiger charge is 2.09. The Kier molecular flexibility index (Phi) is 5.34. The van der Waals surface area contributed by atoms with Gasteiger partial charge in [-0.1, -0.05) is 38.1 Å². The molecule has 112 valence electrons. The zero-order valence-corrected chi connectivity index (χ0v) is 13.4. The van der Waals surface area contributed by atoms with E-state index in [1.165, 1.54) is 22.4 Å². The van der Waals surface area contributed by atoms with Crippen LogP contribution < -0.4 is 10.2 Å². The second-order valence-electron chi connectivity index (χ2n) is 5.82. The molecule has 2 rings (SSSR count). The Morgan fingerprint density at radius 1 is 1.14 bits per heavy atom. The van der Waals surface area contributed by atoms with Crippen molar-refractivity contribution < 1.29 is 0 Å². The fraction of sp³-hybridized carbons (Fsp3) is 0.389. The number of aromatic nitrogens is 1. The summed E-state index contributed by atoms with van der Waals surface area (Å²) >= 11 is 0. The first-order valence-electron chi connectivity index (χ1n) is 7.50. The molecule has 0 aliphatic carbocycles. The van der Waals surface area contributed by atoms with Gasteiger partial charge in [-0.2, -0.15) is 0 Å². The van der Waals surface area contributed by atoms with E-state index >= 15 is 0 Å². The van der Waals surface area contributed by atoms with Crippen LogP contribution in [0.3, 0.4) is 0 Å². The van der Waals surface area contributed by atoms with E-state index in [0.717, 1.165) is 13.1 Å². The minimum atomic E-state index is 0.472. The molecule has 0 aliphatic heterocycles. The lowest BCUT2D eigenvalue weighted by atomic mass is 10.1. The maximum absolute atomic E-state index is 4.26. The normalized spacial score (nSPS) is 10.9. The number of nitrogens with zero attached hydrogens (tertiary/aromatic N) is 2. The van der Waals surface area contributed by atoms with Crippen LogP contribution in [0, 0.1) is 6.92 Å². The first kappa shape index (κ1) is 15.5. The number of nitrogens with one attached hydrogen (secondary N) is 1. The third-order valence-electron chi connectivity index (χ3n) is 3.66. The lowest BCUT2D eigenvalue weighted by Gasteiger charge is -2.23. The van der Waals surface area contributed by atoms with E-state index in [0.29, 0.717) is 6.04 Å². The standard InChI is InChI=1S/C18H25N3/c1-14(2)20-12-17-11-19-10-9-18(17)21(4)13-16-8-6-5-7-15(16)3/h5-11,14,20H,12-13H2,1-4H3. The van der Waals surface area contributed by atoms with Crippen LogP contribution in [0.2, 0.25) is 0 Å². The SMILES string of the molecule is Cc1ccccc1CN(C)c1ccncc1CNC(C)C. The Balaban J connectivity index is 2.15. The second-order valence-corrected chi connectivity index (χ2v) is 5.82. The van der Waals surface area contributed by atoms with Gasteiger partial charge >= 0.3 is 0 Å². The summed E-state index contributed by atoms with van der Waals surface area (Å²) in [7, 11) is 2.14. The number of hydrogen-bond donors (Lipinski definition) is 1. The number of pyridine rings is 1. The fourth-order valence-electron chi connectivity index (χ4n) is 2.37. The van der Waals surface area contributed by atoms with Gasteiger partial charge in [-0.3, -0.25) is 4.98 Å². The molecule has 21 heavy (non-hydrogen) atoms. The molecule has 0 radical (unpaired) electrons. The topological polar surface area (TPSA) is 28.2 Å². The number of hydrogen-bond acceptors (Lipinski definition) is 3. The smallest absolute Gasteiger partial charge is 0.0443 e. The molecule has 0 aliphatic rings. The monoisotopic (exact) mass is 283 g/mol. The fourth-order valence-corrected chi connectivity index (χ4v) is 2.37. The largest absolute Gasteiger partial charge is 0.370 e. The van der Waals surface area contributed by atoms with Crippen molar-refractivity contribution in [3.63, 3.8) is 0 Å².